The van der Waals surface area contributed by atoms with E-state index in [9.17, 15) is 5.11 Å². The van der Waals surface area contributed by atoms with Crippen LogP contribution in [0.25, 0.3) is 0 Å². The number of rotatable bonds is 2. The lowest BCUT2D eigenvalue weighted by atomic mass is 10.0. The molecule has 0 aliphatic carbocycles. The van der Waals surface area contributed by atoms with Crippen LogP contribution >= 0.6 is 0 Å². The summed E-state index contributed by atoms with van der Waals surface area (Å²) in [5, 5.41) is 9.36. The molecular weight excluding hydrogens is 184 g/mol. The molecule has 0 aliphatic heterocycles. The minimum Gasteiger partial charge on any atom is -0.508 e. The molecule has 0 aromatic heterocycles. The highest BCUT2D eigenvalue weighted by molar-refractivity contribution is 5.34. The fraction of sp³-hybridized carbons (Fsp3) is 0.143. The van der Waals surface area contributed by atoms with Gasteiger partial charge in [0.1, 0.15) is 5.75 Å². The molecule has 15 heavy (non-hydrogen) atoms. The van der Waals surface area contributed by atoms with Crippen LogP contribution in [0.4, 0.5) is 0 Å². The number of aryl methyl sites for hydroxylation is 1. The lowest BCUT2D eigenvalue weighted by molar-refractivity contribution is 0.474. The normalized spacial score (nSPS) is 10.2. The van der Waals surface area contributed by atoms with E-state index in [1.165, 1.54) is 11.1 Å². The summed E-state index contributed by atoms with van der Waals surface area (Å²) in [6.07, 6.45) is 0.876. The van der Waals surface area contributed by atoms with Crippen LogP contribution in [-0.4, -0.2) is 5.11 Å². The van der Waals surface area contributed by atoms with Crippen molar-refractivity contribution in [1.29, 1.82) is 0 Å². The van der Waals surface area contributed by atoms with Crippen LogP contribution in [0.5, 0.6) is 5.75 Å². The zero-order valence-electron chi connectivity index (χ0n) is 8.77. The number of phenols is 1. The minimum atomic E-state index is 0.334. The zero-order chi connectivity index (χ0) is 10.7. The molecule has 2 rings (SSSR count). The second-order valence-corrected chi connectivity index (χ2v) is 3.77. The number of hydrogen-bond donors (Lipinski definition) is 1. The van der Waals surface area contributed by atoms with Gasteiger partial charge in [-0.05, 0) is 42.2 Å². The maximum absolute atomic E-state index is 9.36. The largest absolute Gasteiger partial charge is 0.508 e. The summed E-state index contributed by atoms with van der Waals surface area (Å²) in [6.45, 7) is 2.11. The highest BCUT2D eigenvalue weighted by Gasteiger charge is 1.99. The second-order valence-electron chi connectivity index (χ2n) is 3.77. The van der Waals surface area contributed by atoms with Crippen molar-refractivity contribution in [2.24, 2.45) is 0 Å². The Bertz CT molecular complexity index is 460. The van der Waals surface area contributed by atoms with Gasteiger partial charge < -0.3 is 5.11 Å². The quantitative estimate of drug-likeness (QED) is 0.785. The summed E-state index contributed by atoms with van der Waals surface area (Å²) in [6, 6.07) is 15.7. The van der Waals surface area contributed by atoms with Crippen molar-refractivity contribution in [3.8, 4) is 5.75 Å². The van der Waals surface area contributed by atoms with E-state index in [0.717, 1.165) is 12.0 Å². The molecule has 76 valence electrons. The van der Waals surface area contributed by atoms with Crippen LogP contribution in [0.15, 0.2) is 48.5 Å². The molecular formula is C14H14O. The average molecular weight is 198 g/mol. The van der Waals surface area contributed by atoms with Gasteiger partial charge in [-0.3, -0.25) is 0 Å². The molecule has 1 heteroatoms. The molecule has 2 aromatic carbocycles. The SMILES string of the molecule is Cc1ccccc1Cc1cccc(O)c1. The fourth-order valence-electron chi connectivity index (χ4n) is 1.69. The van der Waals surface area contributed by atoms with Crippen LogP contribution in [0, 0.1) is 6.92 Å². The summed E-state index contributed by atoms with van der Waals surface area (Å²) in [7, 11) is 0. The third-order valence-electron chi connectivity index (χ3n) is 2.57. The van der Waals surface area contributed by atoms with Crippen molar-refractivity contribution in [2.45, 2.75) is 13.3 Å². The molecule has 0 heterocycles. The number of benzene rings is 2. The van der Waals surface area contributed by atoms with Crippen LogP contribution in [0.3, 0.4) is 0 Å². The molecule has 0 bridgehead atoms. The van der Waals surface area contributed by atoms with Crippen molar-refractivity contribution in [1.82, 2.24) is 0 Å². The molecule has 0 aliphatic rings. The predicted molar refractivity (Wildman–Crippen MR) is 62.1 cm³/mol. The first-order chi connectivity index (χ1) is 7.25. The topological polar surface area (TPSA) is 20.2 Å². The van der Waals surface area contributed by atoms with Crippen molar-refractivity contribution in [2.75, 3.05) is 0 Å². The predicted octanol–water partition coefficient (Wildman–Crippen LogP) is 3.29. The molecule has 0 unspecified atom stereocenters. The molecule has 1 nitrogen and oxygen atoms in total. The van der Waals surface area contributed by atoms with Gasteiger partial charge in [-0.2, -0.15) is 0 Å². The highest BCUT2D eigenvalue weighted by Crippen LogP contribution is 2.17. The van der Waals surface area contributed by atoms with E-state index >= 15 is 0 Å². The Kier molecular flexibility index (Phi) is 2.72. The number of aromatic hydroxyl groups is 1. The molecule has 0 amide bonds. The van der Waals surface area contributed by atoms with E-state index in [-0.39, 0.29) is 0 Å². The van der Waals surface area contributed by atoms with Crippen LogP contribution in [0.2, 0.25) is 0 Å². The van der Waals surface area contributed by atoms with Crippen molar-refractivity contribution in [3.05, 3.63) is 65.2 Å². The molecule has 1 N–H and O–H groups in total. The summed E-state index contributed by atoms with van der Waals surface area (Å²) >= 11 is 0. The maximum atomic E-state index is 9.36. The van der Waals surface area contributed by atoms with E-state index in [2.05, 4.69) is 19.1 Å². The first-order valence-electron chi connectivity index (χ1n) is 5.08. The molecule has 0 saturated carbocycles. The van der Waals surface area contributed by atoms with Crippen molar-refractivity contribution >= 4 is 0 Å². The Labute approximate surface area is 90.0 Å². The highest BCUT2D eigenvalue weighted by atomic mass is 16.3. The summed E-state index contributed by atoms with van der Waals surface area (Å²) in [4.78, 5) is 0. The second kappa shape index (κ2) is 4.18. The first kappa shape index (κ1) is 9.78. The van der Waals surface area contributed by atoms with Gasteiger partial charge in [0.05, 0.1) is 0 Å². The molecule has 0 atom stereocenters. The number of phenolic OH excluding ortho intramolecular Hbond substituents is 1. The van der Waals surface area contributed by atoms with E-state index < -0.39 is 0 Å². The monoisotopic (exact) mass is 198 g/mol. The van der Waals surface area contributed by atoms with Gasteiger partial charge in [-0.15, -0.1) is 0 Å². The Morgan fingerprint density at radius 1 is 1.00 bits per heavy atom. The maximum Gasteiger partial charge on any atom is 0.115 e. The third-order valence-corrected chi connectivity index (χ3v) is 2.57. The standard InChI is InChI=1S/C14H14O/c1-11-5-2-3-7-13(11)9-12-6-4-8-14(15)10-12/h2-8,10,15H,9H2,1H3. The van der Waals surface area contributed by atoms with Gasteiger partial charge in [0.15, 0.2) is 0 Å². The van der Waals surface area contributed by atoms with Crippen LogP contribution < -0.4 is 0 Å². The fourth-order valence-corrected chi connectivity index (χ4v) is 1.69. The Morgan fingerprint density at radius 2 is 1.80 bits per heavy atom. The van der Waals surface area contributed by atoms with Gasteiger partial charge in [0.25, 0.3) is 0 Å². The van der Waals surface area contributed by atoms with Crippen LogP contribution in [-0.2, 0) is 6.42 Å². The van der Waals surface area contributed by atoms with E-state index in [4.69, 9.17) is 0 Å². The molecule has 0 radical (unpaired) electrons. The van der Waals surface area contributed by atoms with Gasteiger partial charge >= 0.3 is 0 Å². The number of hydrogen-bond acceptors (Lipinski definition) is 1. The van der Waals surface area contributed by atoms with Crippen molar-refractivity contribution in [3.63, 3.8) is 0 Å². The zero-order valence-corrected chi connectivity index (χ0v) is 8.77. The van der Waals surface area contributed by atoms with E-state index in [1.807, 2.05) is 30.3 Å². The summed E-state index contributed by atoms with van der Waals surface area (Å²) < 4.78 is 0. The van der Waals surface area contributed by atoms with Crippen molar-refractivity contribution < 1.29 is 5.11 Å². The van der Waals surface area contributed by atoms with Crippen LogP contribution in [0.1, 0.15) is 16.7 Å². The molecule has 0 fully saturated rings. The Morgan fingerprint density at radius 3 is 2.53 bits per heavy atom. The van der Waals surface area contributed by atoms with E-state index in [0.29, 0.717) is 5.75 Å². The Balaban J connectivity index is 2.26. The summed E-state index contributed by atoms with van der Waals surface area (Å²) in [5.74, 6) is 0.334. The molecule has 0 saturated heterocycles. The summed E-state index contributed by atoms with van der Waals surface area (Å²) in [5.41, 5.74) is 3.74. The average Bonchev–Trinajstić information content (AvgIpc) is 2.22. The lowest BCUT2D eigenvalue weighted by Crippen LogP contribution is -1.90. The molecule has 2 aromatic rings. The van der Waals surface area contributed by atoms with Gasteiger partial charge in [0.2, 0.25) is 0 Å². The third kappa shape index (κ3) is 2.38. The Hall–Kier alpha value is -1.76. The van der Waals surface area contributed by atoms with Gasteiger partial charge in [-0.1, -0.05) is 36.4 Å². The van der Waals surface area contributed by atoms with Gasteiger partial charge in [0, 0.05) is 0 Å². The minimum absolute atomic E-state index is 0.334. The van der Waals surface area contributed by atoms with Gasteiger partial charge in [-0.25, -0.2) is 0 Å². The first-order valence-corrected chi connectivity index (χ1v) is 5.08. The molecule has 0 spiro atoms. The smallest absolute Gasteiger partial charge is 0.115 e. The lowest BCUT2D eigenvalue weighted by Gasteiger charge is -2.05. The van der Waals surface area contributed by atoms with E-state index in [1.54, 1.807) is 6.07 Å².